The van der Waals surface area contributed by atoms with Crippen molar-refractivity contribution in [2.24, 2.45) is 9.98 Å². The van der Waals surface area contributed by atoms with E-state index in [0.717, 1.165) is 0 Å². The van der Waals surface area contributed by atoms with Crippen LogP contribution in [0, 0.1) is 34.0 Å². The summed E-state index contributed by atoms with van der Waals surface area (Å²) in [5.74, 6) is 0. The first-order chi connectivity index (χ1) is 7.54. The minimum Gasteiger partial charge on any atom is -0.369 e. The lowest BCUT2D eigenvalue weighted by molar-refractivity contribution is 0.642. The van der Waals surface area contributed by atoms with Crippen LogP contribution in [-0.4, -0.2) is 31.0 Å². The van der Waals surface area contributed by atoms with Crippen LogP contribution >= 0.6 is 11.6 Å². The highest BCUT2D eigenvalue weighted by Gasteiger charge is 2.03. The zero-order chi connectivity index (χ0) is 12.6. The van der Waals surface area contributed by atoms with Crippen molar-refractivity contribution in [2.75, 3.05) is 14.1 Å². The molecule has 0 rings (SSSR count). The van der Waals surface area contributed by atoms with Gasteiger partial charge in [-0.05, 0) is 0 Å². The molecule has 0 bridgehead atoms. The van der Waals surface area contributed by atoms with Gasteiger partial charge in [-0.2, -0.15) is 15.8 Å². The quantitative estimate of drug-likeness (QED) is 0.315. The van der Waals surface area contributed by atoms with Gasteiger partial charge in [0, 0.05) is 14.1 Å². The summed E-state index contributed by atoms with van der Waals surface area (Å²) in [6, 6.07) is 4.69. The standard InChI is InChI=1S/C9H7ClN6/c1-16(2)6-14-9(10)8(5-13)15-7(3-11)4-12/h6H,1-2H3/b9-8+,14-6+. The molecular formula is C9H7ClN6. The molecule has 80 valence electrons. The summed E-state index contributed by atoms with van der Waals surface area (Å²) in [7, 11) is 3.44. The normalized spacial score (nSPS) is 10.8. The van der Waals surface area contributed by atoms with Crippen molar-refractivity contribution in [3.8, 4) is 18.2 Å². The fourth-order valence-corrected chi connectivity index (χ4v) is 0.660. The van der Waals surface area contributed by atoms with Crippen molar-refractivity contribution in [1.82, 2.24) is 4.90 Å². The van der Waals surface area contributed by atoms with Gasteiger partial charge in [0.25, 0.3) is 0 Å². The van der Waals surface area contributed by atoms with Crippen molar-refractivity contribution in [2.45, 2.75) is 0 Å². The van der Waals surface area contributed by atoms with Gasteiger partial charge < -0.3 is 4.90 Å². The van der Waals surface area contributed by atoms with Gasteiger partial charge in [-0.3, -0.25) is 0 Å². The van der Waals surface area contributed by atoms with E-state index in [1.54, 1.807) is 25.1 Å². The second-order valence-corrected chi connectivity index (χ2v) is 3.00. The average Bonchev–Trinajstić information content (AvgIpc) is 2.27. The Labute approximate surface area is 98.0 Å². The molecule has 16 heavy (non-hydrogen) atoms. The molecule has 0 atom stereocenters. The summed E-state index contributed by atoms with van der Waals surface area (Å²) in [6.07, 6.45) is 1.37. The van der Waals surface area contributed by atoms with E-state index in [2.05, 4.69) is 9.98 Å². The topological polar surface area (TPSA) is 99.3 Å². The van der Waals surface area contributed by atoms with Crippen LogP contribution in [0.15, 0.2) is 20.8 Å². The molecule has 0 spiro atoms. The number of allylic oxidation sites excluding steroid dienone is 1. The number of halogens is 1. The lowest BCUT2D eigenvalue weighted by Crippen LogP contribution is -2.07. The Morgan fingerprint density at radius 1 is 1.19 bits per heavy atom. The number of nitrogens with zero attached hydrogens (tertiary/aromatic N) is 6. The van der Waals surface area contributed by atoms with Crippen molar-refractivity contribution >= 4 is 23.7 Å². The van der Waals surface area contributed by atoms with Crippen molar-refractivity contribution in [3.63, 3.8) is 0 Å². The molecule has 0 aromatic carbocycles. The fourth-order valence-electron chi connectivity index (χ4n) is 0.531. The molecule has 0 fully saturated rings. The highest BCUT2D eigenvalue weighted by molar-refractivity contribution is 6.30. The lowest BCUT2D eigenvalue weighted by atomic mass is 10.4. The van der Waals surface area contributed by atoms with Crippen molar-refractivity contribution < 1.29 is 0 Å². The van der Waals surface area contributed by atoms with E-state index >= 15 is 0 Å². The molecule has 0 aromatic rings. The van der Waals surface area contributed by atoms with Crippen LogP contribution in [0.4, 0.5) is 0 Å². The van der Waals surface area contributed by atoms with Crippen LogP contribution in [0.3, 0.4) is 0 Å². The molecule has 0 saturated carbocycles. The maximum atomic E-state index is 8.70. The van der Waals surface area contributed by atoms with E-state index in [-0.39, 0.29) is 10.9 Å². The van der Waals surface area contributed by atoms with E-state index in [1.807, 2.05) is 0 Å². The third-order valence-electron chi connectivity index (χ3n) is 1.14. The Balaban J connectivity index is 5.25. The molecule has 0 aliphatic rings. The van der Waals surface area contributed by atoms with Gasteiger partial charge in [-0.15, -0.1) is 0 Å². The van der Waals surface area contributed by atoms with Crippen LogP contribution < -0.4 is 0 Å². The maximum Gasteiger partial charge on any atom is 0.219 e. The van der Waals surface area contributed by atoms with Gasteiger partial charge in [-0.1, -0.05) is 11.6 Å². The summed E-state index contributed by atoms with van der Waals surface area (Å²) in [5, 5.41) is 25.4. The number of hydrogen-bond acceptors (Lipinski definition) is 5. The van der Waals surface area contributed by atoms with E-state index in [4.69, 9.17) is 27.4 Å². The van der Waals surface area contributed by atoms with E-state index < -0.39 is 5.71 Å². The monoisotopic (exact) mass is 234 g/mol. The van der Waals surface area contributed by atoms with Crippen molar-refractivity contribution in [3.05, 3.63) is 10.9 Å². The molecule has 0 aliphatic heterocycles. The maximum absolute atomic E-state index is 8.70. The first kappa shape index (κ1) is 13.6. The second kappa shape index (κ2) is 7.00. The zero-order valence-corrected chi connectivity index (χ0v) is 9.39. The SMILES string of the molecule is CN(C)/C=N/C(Cl)=C(\C#N)N=C(C#N)C#N. The molecule has 0 unspecified atom stereocenters. The van der Waals surface area contributed by atoms with Crippen LogP contribution in [0.25, 0.3) is 0 Å². The summed E-state index contributed by atoms with van der Waals surface area (Å²) in [5.41, 5.74) is -0.729. The highest BCUT2D eigenvalue weighted by Crippen LogP contribution is 2.11. The third-order valence-corrected chi connectivity index (χ3v) is 1.42. The molecule has 0 saturated heterocycles. The van der Waals surface area contributed by atoms with E-state index in [0.29, 0.717) is 0 Å². The zero-order valence-electron chi connectivity index (χ0n) is 8.64. The summed E-state index contributed by atoms with van der Waals surface area (Å²) >= 11 is 5.66. The lowest BCUT2D eigenvalue weighted by Gasteiger charge is -2.01. The number of nitriles is 3. The average molecular weight is 235 g/mol. The molecule has 0 heterocycles. The first-order valence-electron chi connectivity index (χ1n) is 3.94. The minimum absolute atomic E-state index is 0.181. The van der Waals surface area contributed by atoms with Gasteiger partial charge >= 0.3 is 0 Å². The third kappa shape index (κ3) is 4.76. The van der Waals surface area contributed by atoms with Gasteiger partial charge in [0.2, 0.25) is 5.71 Å². The Kier molecular flexibility index (Phi) is 5.97. The fraction of sp³-hybridized carbons (Fsp3) is 0.222. The Hall–Kier alpha value is -2.36. The second-order valence-electron chi connectivity index (χ2n) is 2.64. The first-order valence-corrected chi connectivity index (χ1v) is 4.32. The molecule has 0 N–H and O–H groups in total. The highest BCUT2D eigenvalue weighted by atomic mass is 35.5. The molecule has 0 aliphatic carbocycles. The molecular weight excluding hydrogens is 228 g/mol. The van der Waals surface area contributed by atoms with Gasteiger partial charge in [-0.25, -0.2) is 9.98 Å². The predicted octanol–water partition coefficient (Wildman–Crippen LogP) is 0.996. The molecule has 6 nitrogen and oxygen atoms in total. The van der Waals surface area contributed by atoms with Crippen LogP contribution in [0.2, 0.25) is 0 Å². The number of hydrogen-bond donors (Lipinski definition) is 0. The van der Waals surface area contributed by atoms with Gasteiger partial charge in [0.05, 0.1) is 6.34 Å². The van der Waals surface area contributed by atoms with Gasteiger partial charge in [0.15, 0.2) is 10.9 Å². The van der Waals surface area contributed by atoms with Gasteiger partial charge in [0.1, 0.15) is 18.2 Å². The molecule has 7 heteroatoms. The predicted molar refractivity (Wildman–Crippen MR) is 59.3 cm³/mol. The summed E-state index contributed by atoms with van der Waals surface area (Å²) in [6.45, 7) is 0. The minimum atomic E-state index is -0.449. The Bertz CT molecular complexity index is 450. The Morgan fingerprint density at radius 3 is 2.12 bits per heavy atom. The molecule has 0 aromatic heterocycles. The summed E-state index contributed by atoms with van der Waals surface area (Å²) < 4.78 is 0. The van der Waals surface area contributed by atoms with Crippen LogP contribution in [0.1, 0.15) is 0 Å². The van der Waals surface area contributed by atoms with E-state index in [9.17, 15) is 0 Å². The smallest absolute Gasteiger partial charge is 0.219 e. The van der Waals surface area contributed by atoms with Crippen molar-refractivity contribution in [1.29, 1.82) is 15.8 Å². The summed E-state index contributed by atoms with van der Waals surface area (Å²) in [4.78, 5) is 8.78. The van der Waals surface area contributed by atoms with Crippen LogP contribution in [0.5, 0.6) is 0 Å². The number of rotatable bonds is 3. The van der Waals surface area contributed by atoms with Crippen LogP contribution in [-0.2, 0) is 0 Å². The number of aliphatic imine (C=N–C) groups is 2. The molecule has 0 radical (unpaired) electrons. The molecule has 0 amide bonds. The van der Waals surface area contributed by atoms with E-state index in [1.165, 1.54) is 18.5 Å². The largest absolute Gasteiger partial charge is 0.369 e. The Morgan fingerprint density at radius 2 is 1.75 bits per heavy atom.